The first-order valence-corrected chi connectivity index (χ1v) is 14.4. The second kappa shape index (κ2) is 12.5. The summed E-state index contributed by atoms with van der Waals surface area (Å²) in [6, 6.07) is 18.8. The van der Waals surface area contributed by atoms with E-state index in [0.29, 0.717) is 42.3 Å². The number of rotatable bonds is 6. The lowest BCUT2D eigenvalue weighted by Gasteiger charge is -2.39. The molecular weight excluding hydrogens is 538 g/mol. The normalized spacial score (nSPS) is 18.2. The lowest BCUT2D eigenvalue weighted by Crippen LogP contribution is -2.44. The van der Waals surface area contributed by atoms with Crippen LogP contribution in [0.2, 0.25) is 5.02 Å². The van der Waals surface area contributed by atoms with E-state index in [2.05, 4.69) is 32.1 Å². The van der Waals surface area contributed by atoms with Crippen molar-refractivity contribution in [3.63, 3.8) is 0 Å². The number of piperidine rings is 2. The van der Waals surface area contributed by atoms with Gasteiger partial charge in [-0.15, -0.1) is 0 Å². The van der Waals surface area contributed by atoms with E-state index in [0.717, 1.165) is 42.9 Å². The number of nitrogens with zero attached hydrogens (tertiary/aromatic N) is 5. The van der Waals surface area contributed by atoms with Crippen LogP contribution in [-0.4, -0.2) is 78.1 Å². The number of likely N-dealkylation sites (tertiary alicyclic amines) is 1. The Kier molecular flexibility index (Phi) is 8.77. The van der Waals surface area contributed by atoms with Crippen molar-refractivity contribution < 1.29 is 9.90 Å². The van der Waals surface area contributed by atoms with Gasteiger partial charge in [-0.1, -0.05) is 23.7 Å². The lowest BCUT2D eigenvalue weighted by atomic mass is 9.84. The number of aromatic nitrogens is 1. The first-order valence-electron chi connectivity index (χ1n) is 14.1. The van der Waals surface area contributed by atoms with Gasteiger partial charge in [-0.05, 0) is 99.9 Å². The van der Waals surface area contributed by atoms with Gasteiger partial charge in [0.1, 0.15) is 0 Å². The van der Waals surface area contributed by atoms with Crippen LogP contribution in [0.5, 0.6) is 0 Å². The molecule has 2 fully saturated rings. The van der Waals surface area contributed by atoms with Gasteiger partial charge in [-0.2, -0.15) is 4.99 Å². The maximum atomic E-state index is 13.0. The number of guanidine groups is 1. The number of hydrogen-bond donors (Lipinski definition) is 3. The van der Waals surface area contributed by atoms with Crippen molar-refractivity contribution in [3.05, 3.63) is 83.0 Å². The first-order chi connectivity index (χ1) is 19.7. The number of amides is 1. The maximum absolute atomic E-state index is 13.0. The number of anilines is 2. The Bertz CT molecular complexity index is 1380. The van der Waals surface area contributed by atoms with Gasteiger partial charge in [0.2, 0.25) is 0 Å². The minimum absolute atomic E-state index is 0.0228. The number of carbonyl (C=O) groups is 1. The van der Waals surface area contributed by atoms with Crippen molar-refractivity contribution >= 4 is 40.7 Å². The summed E-state index contributed by atoms with van der Waals surface area (Å²) in [7, 11) is 4.00. The van der Waals surface area contributed by atoms with Gasteiger partial charge >= 0.3 is 0 Å². The van der Waals surface area contributed by atoms with Crippen LogP contribution < -0.4 is 16.0 Å². The quantitative estimate of drug-likeness (QED) is 0.294. The Morgan fingerprint density at radius 2 is 1.80 bits per heavy atom. The number of nitrogens with one attached hydrogen (secondary N) is 1. The SMILES string of the molecule is CN1CCC(N(C)C(=O)c2ccc(NC(N)=Nc3ncccc3N3CCC(O)(c4cccc(Cl)c4)CC3)cc2)CC1. The van der Waals surface area contributed by atoms with E-state index in [4.69, 9.17) is 17.3 Å². The number of aliphatic hydroxyl groups is 1. The average Bonchev–Trinajstić information content (AvgIpc) is 2.98. The zero-order chi connectivity index (χ0) is 29.0. The molecule has 5 rings (SSSR count). The van der Waals surface area contributed by atoms with Crippen molar-refractivity contribution in [2.45, 2.75) is 37.3 Å². The summed E-state index contributed by atoms with van der Waals surface area (Å²) in [5.74, 6) is 0.715. The molecule has 0 aliphatic carbocycles. The number of halogens is 1. The minimum Gasteiger partial charge on any atom is -0.385 e. The van der Waals surface area contributed by atoms with Gasteiger partial charge in [0.25, 0.3) is 5.91 Å². The number of benzene rings is 2. The highest BCUT2D eigenvalue weighted by molar-refractivity contribution is 6.30. The predicted molar refractivity (Wildman–Crippen MR) is 165 cm³/mol. The molecule has 216 valence electrons. The molecule has 2 aliphatic rings. The highest BCUT2D eigenvalue weighted by Gasteiger charge is 2.35. The fraction of sp³-hybridized carbons (Fsp3) is 0.387. The summed E-state index contributed by atoms with van der Waals surface area (Å²) in [4.78, 5) is 28.4. The highest BCUT2D eigenvalue weighted by atomic mass is 35.5. The van der Waals surface area contributed by atoms with Crippen LogP contribution in [0.15, 0.2) is 71.9 Å². The molecule has 3 heterocycles. The van der Waals surface area contributed by atoms with E-state index in [9.17, 15) is 9.90 Å². The molecule has 10 heteroatoms. The molecule has 2 aromatic carbocycles. The summed E-state index contributed by atoms with van der Waals surface area (Å²) in [5, 5.41) is 15.0. The molecule has 0 spiro atoms. The van der Waals surface area contributed by atoms with Crippen LogP contribution in [-0.2, 0) is 5.60 Å². The average molecular weight is 576 g/mol. The van der Waals surface area contributed by atoms with Crippen molar-refractivity contribution in [1.82, 2.24) is 14.8 Å². The van der Waals surface area contributed by atoms with Crippen LogP contribution in [0.25, 0.3) is 0 Å². The van der Waals surface area contributed by atoms with Gasteiger partial charge in [0.15, 0.2) is 11.8 Å². The molecule has 0 radical (unpaired) electrons. The molecule has 0 bridgehead atoms. The van der Waals surface area contributed by atoms with Crippen LogP contribution in [0.1, 0.15) is 41.6 Å². The van der Waals surface area contributed by atoms with E-state index < -0.39 is 5.60 Å². The Balaban J connectivity index is 1.22. The van der Waals surface area contributed by atoms with Crippen LogP contribution in [0, 0.1) is 0 Å². The number of carbonyl (C=O) groups excluding carboxylic acids is 1. The minimum atomic E-state index is -0.927. The largest absolute Gasteiger partial charge is 0.385 e. The molecule has 0 atom stereocenters. The van der Waals surface area contributed by atoms with E-state index in [-0.39, 0.29) is 17.9 Å². The predicted octanol–water partition coefficient (Wildman–Crippen LogP) is 4.45. The molecule has 2 aliphatic heterocycles. The molecule has 4 N–H and O–H groups in total. The zero-order valence-corrected chi connectivity index (χ0v) is 24.4. The standard InChI is InChI=1S/C31H38ClN7O2/c1-37-17-12-26(13-18-37)38(2)29(40)22-8-10-25(11-9-22)35-30(33)36-28-27(7-4-16-34-28)39-19-14-31(41,15-20-39)23-5-3-6-24(32)21-23/h3-11,16,21,26,41H,12-15,17-20H2,1-2H3,(H3,33,34,35,36). The first kappa shape index (κ1) is 28.9. The monoisotopic (exact) mass is 575 g/mol. The third-order valence-electron chi connectivity index (χ3n) is 8.25. The van der Waals surface area contributed by atoms with E-state index in [1.165, 1.54) is 0 Å². The van der Waals surface area contributed by atoms with Crippen molar-refractivity contribution in [2.24, 2.45) is 10.7 Å². The second-order valence-corrected chi connectivity index (χ2v) is 11.5. The van der Waals surface area contributed by atoms with Gasteiger partial charge in [-0.25, -0.2) is 4.98 Å². The Morgan fingerprint density at radius 3 is 2.49 bits per heavy atom. The summed E-state index contributed by atoms with van der Waals surface area (Å²) in [6.45, 7) is 3.27. The fourth-order valence-electron chi connectivity index (χ4n) is 5.64. The molecular formula is C31H38ClN7O2. The van der Waals surface area contributed by atoms with E-state index in [1.54, 1.807) is 6.20 Å². The third kappa shape index (κ3) is 6.81. The van der Waals surface area contributed by atoms with E-state index >= 15 is 0 Å². The summed E-state index contributed by atoms with van der Waals surface area (Å²) in [5.41, 5.74) is 8.40. The number of hydrogen-bond acceptors (Lipinski definition) is 6. The molecule has 41 heavy (non-hydrogen) atoms. The summed E-state index contributed by atoms with van der Waals surface area (Å²) < 4.78 is 0. The van der Waals surface area contributed by atoms with E-state index in [1.807, 2.05) is 72.6 Å². The number of nitrogens with two attached hydrogens (primary N) is 1. The Morgan fingerprint density at radius 1 is 1.10 bits per heavy atom. The maximum Gasteiger partial charge on any atom is 0.253 e. The molecule has 1 aromatic heterocycles. The lowest BCUT2D eigenvalue weighted by molar-refractivity contribution is 0.0118. The number of aliphatic imine (C=N–C) groups is 1. The van der Waals surface area contributed by atoms with Crippen molar-refractivity contribution in [3.8, 4) is 0 Å². The van der Waals surface area contributed by atoms with Crippen molar-refractivity contribution in [2.75, 3.05) is 50.5 Å². The summed E-state index contributed by atoms with van der Waals surface area (Å²) >= 11 is 6.16. The van der Waals surface area contributed by atoms with Gasteiger partial charge in [-0.3, -0.25) is 4.79 Å². The second-order valence-electron chi connectivity index (χ2n) is 11.0. The van der Waals surface area contributed by atoms with Crippen LogP contribution in [0.4, 0.5) is 17.2 Å². The van der Waals surface area contributed by atoms with Gasteiger partial charge < -0.3 is 30.9 Å². The molecule has 0 saturated carbocycles. The summed E-state index contributed by atoms with van der Waals surface area (Å²) in [6.07, 6.45) is 4.76. The Hall–Kier alpha value is -3.66. The molecule has 1 amide bonds. The van der Waals surface area contributed by atoms with Crippen molar-refractivity contribution in [1.29, 1.82) is 0 Å². The number of pyridine rings is 1. The highest BCUT2D eigenvalue weighted by Crippen LogP contribution is 2.37. The third-order valence-corrected chi connectivity index (χ3v) is 8.48. The molecule has 3 aromatic rings. The Labute approximate surface area is 246 Å². The topological polar surface area (TPSA) is 110 Å². The van der Waals surface area contributed by atoms with Crippen LogP contribution >= 0.6 is 11.6 Å². The molecule has 9 nitrogen and oxygen atoms in total. The molecule has 0 unspecified atom stereocenters. The fourth-order valence-corrected chi connectivity index (χ4v) is 5.83. The molecule has 2 saturated heterocycles. The van der Waals surface area contributed by atoms with Gasteiger partial charge in [0.05, 0.1) is 11.3 Å². The van der Waals surface area contributed by atoms with Gasteiger partial charge in [0, 0.05) is 48.6 Å². The zero-order valence-electron chi connectivity index (χ0n) is 23.6. The smallest absolute Gasteiger partial charge is 0.253 e. The van der Waals surface area contributed by atoms with Crippen LogP contribution in [0.3, 0.4) is 0 Å².